The van der Waals surface area contributed by atoms with E-state index in [1.807, 2.05) is 13.0 Å². The molecule has 0 aromatic heterocycles. The van der Waals surface area contributed by atoms with E-state index >= 15 is 0 Å². The molecule has 0 saturated heterocycles. The molecule has 0 aliphatic carbocycles. The maximum Gasteiger partial charge on any atom is 0.262 e. The lowest BCUT2D eigenvalue weighted by molar-refractivity contribution is -0.118. The zero-order valence-electron chi connectivity index (χ0n) is 17.4. The quantitative estimate of drug-likeness (QED) is 0.537. The number of amides is 2. The number of anilines is 2. The topological polar surface area (TPSA) is 85.9 Å². The fourth-order valence-corrected chi connectivity index (χ4v) is 2.79. The monoisotopic (exact) mass is 420 g/mol. The minimum Gasteiger partial charge on any atom is -0.494 e. The first-order valence-corrected chi connectivity index (χ1v) is 9.79. The highest BCUT2D eigenvalue weighted by Gasteiger charge is 2.09. The van der Waals surface area contributed by atoms with Crippen molar-refractivity contribution in [2.24, 2.45) is 0 Å². The van der Waals surface area contributed by atoms with Crippen LogP contribution in [0, 0.1) is 0 Å². The lowest BCUT2D eigenvalue weighted by atomic mass is 10.2. The fraction of sp³-hybridized carbons (Fsp3) is 0.167. The fourth-order valence-electron chi connectivity index (χ4n) is 2.79. The number of rotatable bonds is 9. The summed E-state index contributed by atoms with van der Waals surface area (Å²) < 4.78 is 16.1. The first kappa shape index (κ1) is 21.7. The van der Waals surface area contributed by atoms with Crippen LogP contribution in [0.3, 0.4) is 0 Å². The van der Waals surface area contributed by atoms with E-state index in [-0.39, 0.29) is 18.4 Å². The van der Waals surface area contributed by atoms with Crippen molar-refractivity contribution in [2.75, 3.05) is 31.0 Å². The second kappa shape index (κ2) is 10.7. The van der Waals surface area contributed by atoms with Gasteiger partial charge in [-0.1, -0.05) is 12.1 Å². The van der Waals surface area contributed by atoms with Gasteiger partial charge in [0.25, 0.3) is 11.8 Å². The van der Waals surface area contributed by atoms with Gasteiger partial charge < -0.3 is 24.8 Å². The van der Waals surface area contributed by atoms with Crippen LogP contribution in [0.5, 0.6) is 17.2 Å². The number of nitrogens with one attached hydrogen (secondary N) is 2. The van der Waals surface area contributed by atoms with Gasteiger partial charge in [0.15, 0.2) is 18.1 Å². The molecule has 160 valence electrons. The van der Waals surface area contributed by atoms with Gasteiger partial charge in [-0.05, 0) is 67.6 Å². The van der Waals surface area contributed by atoms with Crippen molar-refractivity contribution in [1.29, 1.82) is 0 Å². The molecule has 3 aromatic carbocycles. The molecular weight excluding hydrogens is 396 g/mol. The summed E-state index contributed by atoms with van der Waals surface area (Å²) in [5.74, 6) is 1.22. The third-order valence-electron chi connectivity index (χ3n) is 4.28. The minimum absolute atomic E-state index is 0.166. The summed E-state index contributed by atoms with van der Waals surface area (Å²) >= 11 is 0. The minimum atomic E-state index is -0.322. The van der Waals surface area contributed by atoms with Crippen LogP contribution in [-0.2, 0) is 4.79 Å². The van der Waals surface area contributed by atoms with Crippen LogP contribution in [0.2, 0.25) is 0 Å². The number of para-hydroxylation sites is 2. The van der Waals surface area contributed by atoms with Gasteiger partial charge >= 0.3 is 0 Å². The van der Waals surface area contributed by atoms with Gasteiger partial charge in [-0.25, -0.2) is 0 Å². The van der Waals surface area contributed by atoms with Gasteiger partial charge in [0.1, 0.15) is 5.75 Å². The Morgan fingerprint density at radius 2 is 1.39 bits per heavy atom. The average Bonchev–Trinajstić information content (AvgIpc) is 2.80. The van der Waals surface area contributed by atoms with Gasteiger partial charge in [-0.2, -0.15) is 0 Å². The lowest BCUT2D eigenvalue weighted by Gasteiger charge is -2.11. The van der Waals surface area contributed by atoms with Crippen molar-refractivity contribution in [1.82, 2.24) is 0 Å². The van der Waals surface area contributed by atoms with Gasteiger partial charge in [0, 0.05) is 16.9 Å². The van der Waals surface area contributed by atoms with Gasteiger partial charge in [0.2, 0.25) is 0 Å². The normalized spacial score (nSPS) is 10.1. The average molecular weight is 420 g/mol. The highest BCUT2D eigenvalue weighted by Crippen LogP contribution is 2.25. The molecule has 0 aliphatic heterocycles. The second-order valence-corrected chi connectivity index (χ2v) is 6.48. The molecule has 0 unspecified atom stereocenters. The van der Waals surface area contributed by atoms with Crippen LogP contribution in [0.1, 0.15) is 17.3 Å². The van der Waals surface area contributed by atoms with Crippen LogP contribution in [0.4, 0.5) is 11.4 Å². The van der Waals surface area contributed by atoms with E-state index in [4.69, 9.17) is 14.2 Å². The molecule has 7 nitrogen and oxygen atoms in total. The van der Waals surface area contributed by atoms with Crippen LogP contribution in [0.15, 0.2) is 72.8 Å². The second-order valence-electron chi connectivity index (χ2n) is 6.48. The third-order valence-corrected chi connectivity index (χ3v) is 4.28. The van der Waals surface area contributed by atoms with Crippen LogP contribution < -0.4 is 24.8 Å². The number of ether oxygens (including phenoxy) is 3. The largest absolute Gasteiger partial charge is 0.494 e. The van der Waals surface area contributed by atoms with E-state index in [0.29, 0.717) is 35.0 Å². The number of carbonyl (C=O) groups is 2. The molecule has 2 amide bonds. The SMILES string of the molecule is CCOc1ccc(NC(=O)c2ccc(NC(=O)COc3ccccc3OC)cc2)cc1. The molecule has 0 atom stereocenters. The van der Waals surface area contributed by atoms with Gasteiger partial charge in [-0.3, -0.25) is 9.59 Å². The summed E-state index contributed by atoms with van der Waals surface area (Å²) in [6.07, 6.45) is 0. The van der Waals surface area contributed by atoms with Crippen molar-refractivity contribution in [3.8, 4) is 17.2 Å². The summed E-state index contributed by atoms with van der Waals surface area (Å²) in [4.78, 5) is 24.6. The zero-order chi connectivity index (χ0) is 22.1. The number of benzene rings is 3. The molecule has 0 spiro atoms. The molecule has 3 aromatic rings. The third kappa shape index (κ3) is 6.24. The highest BCUT2D eigenvalue weighted by atomic mass is 16.5. The summed E-state index contributed by atoms with van der Waals surface area (Å²) in [6.45, 7) is 2.33. The molecule has 2 N–H and O–H groups in total. The standard InChI is InChI=1S/C24H24N2O5/c1-3-30-20-14-12-19(13-15-20)26-24(28)17-8-10-18(11-9-17)25-23(27)16-31-22-7-5-4-6-21(22)29-2/h4-15H,3,16H2,1-2H3,(H,25,27)(H,26,28). The van der Waals surface area contributed by atoms with Crippen molar-refractivity contribution >= 4 is 23.2 Å². The maximum atomic E-state index is 12.4. The van der Waals surface area contributed by atoms with Crippen molar-refractivity contribution < 1.29 is 23.8 Å². The van der Waals surface area contributed by atoms with Gasteiger partial charge in [0.05, 0.1) is 13.7 Å². The summed E-state index contributed by atoms with van der Waals surface area (Å²) in [7, 11) is 1.54. The molecule has 7 heteroatoms. The summed E-state index contributed by atoms with van der Waals surface area (Å²) in [6, 6.07) is 20.8. The Bertz CT molecular complexity index is 1020. The predicted octanol–water partition coefficient (Wildman–Crippen LogP) is 4.36. The van der Waals surface area contributed by atoms with Crippen molar-refractivity contribution in [3.05, 3.63) is 78.4 Å². The lowest BCUT2D eigenvalue weighted by Crippen LogP contribution is -2.20. The Balaban J connectivity index is 1.52. The van der Waals surface area contributed by atoms with Crippen LogP contribution in [0.25, 0.3) is 0 Å². The van der Waals surface area contributed by atoms with Crippen LogP contribution >= 0.6 is 0 Å². The molecule has 3 rings (SSSR count). The van der Waals surface area contributed by atoms with E-state index in [2.05, 4.69) is 10.6 Å². The van der Waals surface area contributed by atoms with Crippen LogP contribution in [-0.4, -0.2) is 32.1 Å². The van der Waals surface area contributed by atoms with E-state index in [1.54, 1.807) is 66.7 Å². The maximum absolute atomic E-state index is 12.4. The molecule has 0 saturated carbocycles. The first-order valence-electron chi connectivity index (χ1n) is 9.79. The molecule has 31 heavy (non-hydrogen) atoms. The molecule has 0 radical (unpaired) electrons. The van der Waals surface area contributed by atoms with Crippen molar-refractivity contribution in [3.63, 3.8) is 0 Å². The predicted molar refractivity (Wildman–Crippen MR) is 119 cm³/mol. The first-order chi connectivity index (χ1) is 15.1. The summed E-state index contributed by atoms with van der Waals surface area (Å²) in [5.41, 5.74) is 1.70. The Labute approximate surface area is 180 Å². The van der Waals surface area contributed by atoms with Crippen molar-refractivity contribution in [2.45, 2.75) is 6.92 Å². The zero-order valence-corrected chi connectivity index (χ0v) is 17.4. The van der Waals surface area contributed by atoms with E-state index in [0.717, 1.165) is 5.75 Å². The molecule has 0 aliphatic rings. The molecule has 0 heterocycles. The Morgan fingerprint density at radius 3 is 2.03 bits per heavy atom. The number of hydrogen-bond acceptors (Lipinski definition) is 5. The number of hydrogen-bond donors (Lipinski definition) is 2. The van der Waals surface area contributed by atoms with E-state index in [1.165, 1.54) is 7.11 Å². The number of methoxy groups -OCH3 is 1. The molecule has 0 fully saturated rings. The number of carbonyl (C=O) groups excluding carboxylic acids is 2. The summed E-state index contributed by atoms with van der Waals surface area (Å²) in [5, 5.41) is 5.56. The Hall–Kier alpha value is -4.00. The Kier molecular flexibility index (Phi) is 7.48. The van der Waals surface area contributed by atoms with Gasteiger partial charge in [-0.15, -0.1) is 0 Å². The highest BCUT2D eigenvalue weighted by molar-refractivity contribution is 6.04. The smallest absolute Gasteiger partial charge is 0.262 e. The Morgan fingerprint density at radius 1 is 0.774 bits per heavy atom. The van der Waals surface area contributed by atoms with E-state index < -0.39 is 0 Å². The molecular formula is C24H24N2O5. The molecule has 0 bridgehead atoms. The van der Waals surface area contributed by atoms with E-state index in [9.17, 15) is 9.59 Å².